The van der Waals surface area contributed by atoms with Crippen molar-refractivity contribution in [3.8, 4) is 5.88 Å². The Morgan fingerprint density at radius 2 is 2.44 bits per heavy atom. The van der Waals surface area contributed by atoms with Gasteiger partial charge in [0.2, 0.25) is 11.8 Å². The fourth-order valence-corrected chi connectivity index (χ4v) is 1.80. The fourth-order valence-electron chi connectivity index (χ4n) is 1.47. The summed E-state index contributed by atoms with van der Waals surface area (Å²) in [7, 11) is 0. The minimum atomic E-state index is 0.180. The van der Waals surface area contributed by atoms with Crippen molar-refractivity contribution in [2.45, 2.75) is 25.1 Å². The molecule has 2 rings (SSSR count). The molecule has 1 saturated carbocycles. The van der Waals surface area contributed by atoms with Crippen LogP contribution in [-0.2, 0) is 0 Å². The summed E-state index contributed by atoms with van der Waals surface area (Å²) in [5, 5.41) is 3.31. The van der Waals surface area contributed by atoms with Crippen molar-refractivity contribution in [2.75, 3.05) is 18.5 Å². The molecule has 5 heteroatoms. The van der Waals surface area contributed by atoms with Crippen LogP contribution < -0.4 is 10.1 Å². The summed E-state index contributed by atoms with van der Waals surface area (Å²) in [6, 6.07) is 1.74. The number of nitrogens with zero attached hydrogens (tertiary/aromatic N) is 2. The first-order chi connectivity index (χ1) is 7.79. The summed E-state index contributed by atoms with van der Waals surface area (Å²) in [5.41, 5.74) is 0. The van der Waals surface area contributed by atoms with E-state index in [4.69, 9.17) is 16.3 Å². The second-order valence-electron chi connectivity index (χ2n) is 3.89. The van der Waals surface area contributed by atoms with Gasteiger partial charge in [-0.05, 0) is 25.7 Å². The van der Waals surface area contributed by atoms with Gasteiger partial charge < -0.3 is 10.1 Å². The summed E-state index contributed by atoms with van der Waals surface area (Å²) in [6.45, 7) is 3.25. The van der Waals surface area contributed by atoms with Crippen molar-refractivity contribution in [1.82, 2.24) is 9.97 Å². The van der Waals surface area contributed by atoms with Crippen LogP contribution in [0.15, 0.2) is 12.3 Å². The Balaban J connectivity index is 1.85. The van der Waals surface area contributed by atoms with E-state index in [2.05, 4.69) is 15.3 Å². The molecule has 1 N–H and O–H groups in total. The largest absolute Gasteiger partial charge is 0.478 e. The zero-order valence-electron chi connectivity index (χ0n) is 9.32. The molecule has 0 aromatic carbocycles. The van der Waals surface area contributed by atoms with E-state index in [9.17, 15) is 0 Å². The minimum absolute atomic E-state index is 0.180. The molecular weight excluding hydrogens is 226 g/mol. The van der Waals surface area contributed by atoms with Crippen molar-refractivity contribution in [3.63, 3.8) is 0 Å². The Morgan fingerprint density at radius 1 is 1.62 bits per heavy atom. The molecular formula is C11H16ClN3O. The zero-order valence-corrected chi connectivity index (χ0v) is 10.1. The monoisotopic (exact) mass is 241 g/mol. The van der Waals surface area contributed by atoms with E-state index in [1.54, 1.807) is 12.3 Å². The molecule has 1 aromatic heterocycles. The third-order valence-electron chi connectivity index (χ3n) is 2.51. The molecule has 16 heavy (non-hydrogen) atoms. The first-order valence-electron chi connectivity index (χ1n) is 5.63. The topological polar surface area (TPSA) is 47.0 Å². The molecule has 1 fully saturated rings. The third-order valence-corrected chi connectivity index (χ3v) is 3.02. The van der Waals surface area contributed by atoms with Gasteiger partial charge in [-0.1, -0.05) is 0 Å². The lowest BCUT2D eigenvalue weighted by atomic mass is 10.3. The molecule has 1 aliphatic carbocycles. The molecule has 1 heterocycles. The first kappa shape index (κ1) is 11.5. The maximum Gasteiger partial charge on any atom is 0.225 e. The Hall–Kier alpha value is -1.03. The smallest absolute Gasteiger partial charge is 0.225 e. The average Bonchev–Trinajstić information content (AvgIpc) is 3.11. The third kappa shape index (κ3) is 3.23. The van der Waals surface area contributed by atoms with E-state index in [1.807, 2.05) is 6.92 Å². The number of hydrogen-bond donors (Lipinski definition) is 1. The van der Waals surface area contributed by atoms with Gasteiger partial charge in [-0.15, -0.1) is 11.6 Å². The predicted octanol–water partition coefficient (Wildman–Crippen LogP) is 2.30. The van der Waals surface area contributed by atoms with Crippen molar-refractivity contribution in [3.05, 3.63) is 12.3 Å². The number of aromatic nitrogens is 2. The fraction of sp³-hybridized carbons (Fsp3) is 0.636. The van der Waals surface area contributed by atoms with Crippen molar-refractivity contribution >= 4 is 17.5 Å². The van der Waals surface area contributed by atoms with Crippen LogP contribution in [0.25, 0.3) is 0 Å². The summed E-state index contributed by atoms with van der Waals surface area (Å²) in [4.78, 5) is 8.32. The maximum atomic E-state index is 6.18. The number of nitrogens with one attached hydrogen (secondary N) is 1. The van der Waals surface area contributed by atoms with Crippen LogP contribution >= 0.6 is 11.6 Å². The van der Waals surface area contributed by atoms with Gasteiger partial charge in [0, 0.05) is 18.8 Å². The predicted molar refractivity (Wildman–Crippen MR) is 64.1 cm³/mol. The van der Waals surface area contributed by atoms with E-state index in [0.29, 0.717) is 30.9 Å². The van der Waals surface area contributed by atoms with E-state index in [0.717, 1.165) is 0 Å². The van der Waals surface area contributed by atoms with Gasteiger partial charge in [0.25, 0.3) is 0 Å². The normalized spacial score (nSPS) is 16.9. The SMILES string of the molecule is CCOc1ccnc(NCC(Cl)C2CC2)n1. The molecule has 1 aliphatic rings. The number of halogens is 1. The molecule has 1 aromatic rings. The molecule has 0 bridgehead atoms. The van der Waals surface area contributed by atoms with Crippen LogP contribution in [0.3, 0.4) is 0 Å². The lowest BCUT2D eigenvalue weighted by Crippen LogP contribution is -2.17. The van der Waals surface area contributed by atoms with E-state index in [1.165, 1.54) is 12.8 Å². The maximum absolute atomic E-state index is 6.18. The summed E-state index contributed by atoms with van der Waals surface area (Å²) < 4.78 is 5.29. The van der Waals surface area contributed by atoms with Gasteiger partial charge in [0.15, 0.2) is 0 Å². The van der Waals surface area contributed by atoms with Crippen molar-refractivity contribution in [1.29, 1.82) is 0 Å². The highest BCUT2D eigenvalue weighted by Gasteiger charge is 2.29. The molecule has 0 radical (unpaired) electrons. The molecule has 88 valence electrons. The van der Waals surface area contributed by atoms with Crippen LogP contribution in [0, 0.1) is 5.92 Å². The van der Waals surface area contributed by atoms with Gasteiger partial charge in [0.05, 0.1) is 12.0 Å². The van der Waals surface area contributed by atoms with Gasteiger partial charge in [-0.25, -0.2) is 4.98 Å². The highest BCUT2D eigenvalue weighted by molar-refractivity contribution is 6.21. The molecule has 0 spiro atoms. The molecule has 4 nitrogen and oxygen atoms in total. The number of ether oxygens (including phenoxy) is 1. The Kier molecular flexibility index (Phi) is 3.83. The van der Waals surface area contributed by atoms with E-state index < -0.39 is 0 Å². The van der Waals surface area contributed by atoms with E-state index in [-0.39, 0.29) is 5.38 Å². The van der Waals surface area contributed by atoms with Gasteiger partial charge in [0.1, 0.15) is 0 Å². The van der Waals surface area contributed by atoms with Gasteiger partial charge >= 0.3 is 0 Å². The molecule has 0 saturated heterocycles. The Labute approximate surface area is 100 Å². The molecule has 1 atom stereocenters. The van der Waals surface area contributed by atoms with Crippen LogP contribution in [0.2, 0.25) is 0 Å². The van der Waals surface area contributed by atoms with Crippen molar-refractivity contribution in [2.24, 2.45) is 5.92 Å². The lowest BCUT2D eigenvalue weighted by molar-refractivity contribution is 0.326. The second-order valence-corrected chi connectivity index (χ2v) is 4.45. The quantitative estimate of drug-likeness (QED) is 0.777. The van der Waals surface area contributed by atoms with Gasteiger partial charge in [-0.3, -0.25) is 0 Å². The van der Waals surface area contributed by atoms with Gasteiger partial charge in [-0.2, -0.15) is 4.98 Å². The molecule has 0 aliphatic heterocycles. The second kappa shape index (κ2) is 5.34. The number of rotatable bonds is 6. The Morgan fingerprint density at radius 3 is 3.12 bits per heavy atom. The Bertz CT molecular complexity index is 344. The van der Waals surface area contributed by atoms with Crippen molar-refractivity contribution < 1.29 is 4.74 Å². The average molecular weight is 242 g/mol. The highest BCUT2D eigenvalue weighted by atomic mass is 35.5. The number of hydrogen-bond acceptors (Lipinski definition) is 4. The van der Waals surface area contributed by atoms with Crippen LogP contribution in [0.1, 0.15) is 19.8 Å². The van der Waals surface area contributed by atoms with Crippen LogP contribution in [0.5, 0.6) is 5.88 Å². The van der Waals surface area contributed by atoms with Crippen LogP contribution in [-0.4, -0.2) is 28.5 Å². The molecule has 0 amide bonds. The molecule has 1 unspecified atom stereocenters. The summed E-state index contributed by atoms with van der Waals surface area (Å²) in [6.07, 6.45) is 4.17. The number of alkyl halides is 1. The zero-order chi connectivity index (χ0) is 11.4. The first-order valence-corrected chi connectivity index (χ1v) is 6.07. The number of anilines is 1. The standard InChI is InChI=1S/C11H16ClN3O/c1-2-16-10-5-6-13-11(15-10)14-7-9(12)8-3-4-8/h5-6,8-9H,2-4,7H2,1H3,(H,13,14,15). The minimum Gasteiger partial charge on any atom is -0.478 e. The summed E-state index contributed by atoms with van der Waals surface area (Å²) in [5.74, 6) is 1.85. The lowest BCUT2D eigenvalue weighted by Gasteiger charge is -2.10. The highest BCUT2D eigenvalue weighted by Crippen LogP contribution is 2.35. The van der Waals surface area contributed by atoms with Crippen LogP contribution in [0.4, 0.5) is 5.95 Å². The van der Waals surface area contributed by atoms with E-state index >= 15 is 0 Å². The summed E-state index contributed by atoms with van der Waals surface area (Å²) >= 11 is 6.18.